The Morgan fingerprint density at radius 1 is 0.382 bits per heavy atom. The van der Waals surface area contributed by atoms with E-state index in [-0.39, 0.29) is 38.7 Å². The predicted molar refractivity (Wildman–Crippen MR) is 277 cm³/mol. The van der Waals surface area contributed by atoms with Gasteiger partial charge in [-0.05, 0) is 148 Å². The van der Waals surface area contributed by atoms with Crippen molar-refractivity contribution in [1.82, 2.24) is 0 Å². The van der Waals surface area contributed by atoms with Crippen molar-refractivity contribution in [2.24, 2.45) is 0 Å². The molecule has 0 fully saturated rings. The molecular formula is C58H66N2O8. The van der Waals surface area contributed by atoms with Gasteiger partial charge in [-0.15, -0.1) is 0 Å². The van der Waals surface area contributed by atoms with Gasteiger partial charge in [0.15, 0.2) is 0 Å². The minimum atomic E-state index is -0.357. The Labute approximate surface area is 403 Å². The number of para-hydroxylation sites is 2. The molecule has 0 aliphatic carbocycles. The highest BCUT2D eigenvalue weighted by atomic mass is 16.5. The number of rotatable bonds is 20. The number of carbonyl (C=O) groups excluding carboxylic acids is 4. The van der Waals surface area contributed by atoms with Crippen LogP contribution in [0.4, 0.5) is 34.1 Å². The van der Waals surface area contributed by atoms with Crippen molar-refractivity contribution in [3.63, 3.8) is 0 Å². The number of benzene rings is 6. The third-order valence-electron chi connectivity index (χ3n) is 9.96. The van der Waals surface area contributed by atoms with Crippen molar-refractivity contribution in [3.05, 3.63) is 192 Å². The molecule has 0 bridgehead atoms. The van der Waals surface area contributed by atoms with Crippen LogP contribution in [0.3, 0.4) is 0 Å². The van der Waals surface area contributed by atoms with Crippen LogP contribution in [0.2, 0.25) is 0 Å². The first kappa shape index (κ1) is 54.6. The summed E-state index contributed by atoms with van der Waals surface area (Å²) in [6.45, 7) is 8.72. The summed E-state index contributed by atoms with van der Waals surface area (Å²) in [5, 5.41) is 0. The van der Waals surface area contributed by atoms with Crippen LogP contribution in [0.25, 0.3) is 12.2 Å². The first-order chi connectivity index (χ1) is 32.2. The van der Waals surface area contributed by atoms with E-state index in [2.05, 4.69) is 70.5 Å². The van der Waals surface area contributed by atoms with Crippen LogP contribution in [0.1, 0.15) is 77.6 Å². The number of ether oxygens (including phenoxy) is 4. The number of nitrogens with zero attached hydrogens (tertiary/aromatic N) is 2. The van der Waals surface area contributed by atoms with Gasteiger partial charge in [0, 0.05) is 59.1 Å². The van der Waals surface area contributed by atoms with Crippen molar-refractivity contribution in [2.45, 2.75) is 68.2 Å². The Kier molecular flexibility index (Phi) is 23.9. The molecule has 0 heterocycles. The van der Waals surface area contributed by atoms with E-state index in [1.165, 1.54) is 12.2 Å². The van der Waals surface area contributed by atoms with Crippen molar-refractivity contribution < 1.29 is 38.1 Å². The van der Waals surface area contributed by atoms with E-state index in [1.54, 1.807) is 26.0 Å². The smallest absolute Gasteiger partial charge is 0.330 e. The average Bonchev–Trinajstić information content (AvgIpc) is 3.34. The maximum Gasteiger partial charge on any atom is 0.330 e. The number of anilines is 6. The first-order valence-electron chi connectivity index (χ1n) is 22.3. The summed E-state index contributed by atoms with van der Waals surface area (Å²) in [6, 6.07) is 52.6. The lowest BCUT2D eigenvalue weighted by atomic mass is 10.1. The van der Waals surface area contributed by atoms with Crippen LogP contribution in [0, 0.1) is 0 Å². The summed E-state index contributed by atoms with van der Waals surface area (Å²) >= 11 is 0. The molecule has 0 aliphatic heterocycles. The van der Waals surface area contributed by atoms with Crippen LogP contribution < -0.4 is 9.80 Å². The number of aryl methyl sites for hydroxylation is 2. The third-order valence-corrected chi connectivity index (χ3v) is 9.96. The molecule has 0 aromatic heterocycles. The van der Waals surface area contributed by atoms with Gasteiger partial charge in [-0.1, -0.05) is 99.8 Å². The second-order valence-electron chi connectivity index (χ2n) is 14.6. The van der Waals surface area contributed by atoms with Crippen LogP contribution in [-0.4, -0.2) is 50.3 Å². The highest BCUT2D eigenvalue weighted by Gasteiger charge is 2.14. The molecule has 356 valence electrons. The Balaban J connectivity index is 0.000000350. The number of esters is 4. The molecule has 0 spiro atoms. The molecule has 0 radical (unpaired) electrons. The average molecular weight is 919 g/mol. The zero-order chi connectivity index (χ0) is 46.9. The van der Waals surface area contributed by atoms with Gasteiger partial charge in [0.2, 0.25) is 0 Å². The summed E-state index contributed by atoms with van der Waals surface area (Å²) in [7, 11) is 0. The van der Waals surface area contributed by atoms with Gasteiger partial charge in [-0.25, -0.2) is 9.59 Å². The Hall–Kier alpha value is -7.72. The van der Waals surface area contributed by atoms with Crippen molar-refractivity contribution >= 4 is 70.2 Å². The molecule has 0 atom stereocenters. The van der Waals surface area contributed by atoms with E-state index < -0.39 is 0 Å². The van der Waals surface area contributed by atoms with E-state index in [0.29, 0.717) is 52.1 Å². The largest absolute Gasteiger partial charge is 0.466 e. The highest BCUT2D eigenvalue weighted by Crippen LogP contribution is 2.36. The molecule has 0 saturated carbocycles. The Morgan fingerprint density at radius 3 is 0.956 bits per heavy atom. The lowest BCUT2D eigenvalue weighted by Crippen LogP contribution is -2.10. The van der Waals surface area contributed by atoms with E-state index in [0.717, 1.165) is 56.4 Å². The topological polar surface area (TPSA) is 112 Å². The molecule has 68 heavy (non-hydrogen) atoms. The summed E-state index contributed by atoms with van der Waals surface area (Å²) < 4.78 is 19.9. The SMILES string of the molecule is C.C.CCOC(=O)/C=C/c1ccc(N(c2ccccc2)c2ccc(/C=C/C(=O)OCC)cc2)cc1.CCOC(=O)CCc1ccc(N(c2ccccc2)c2ccc(CCC(=O)OCC)cc2)cc1. The van der Waals surface area contributed by atoms with Crippen LogP contribution >= 0.6 is 0 Å². The summed E-state index contributed by atoms with van der Waals surface area (Å²) in [5.41, 5.74) is 10.1. The standard InChI is InChI=1S/C28H31NO4.C28H27NO4.2CH4/c2*1-3-32-27(30)20-14-22-10-16-25(17-11-22)29(24-8-6-5-7-9-24)26-18-12-23(13-19-26)15-21-28(31)33-4-2;;/h5-13,16-19H,3-4,14-15,20-21H2,1-2H3;5-21H,3-4H2,1-2H3;2*1H4/b;20-14+,21-15+;;. The summed E-state index contributed by atoms with van der Waals surface area (Å²) in [5.74, 6) is -1.06. The monoisotopic (exact) mass is 918 g/mol. The zero-order valence-electron chi connectivity index (χ0n) is 38.1. The number of hydrogen-bond acceptors (Lipinski definition) is 10. The summed E-state index contributed by atoms with van der Waals surface area (Å²) in [4.78, 5) is 50.7. The van der Waals surface area contributed by atoms with Crippen LogP contribution in [0.15, 0.2) is 170 Å². The van der Waals surface area contributed by atoms with Crippen molar-refractivity contribution in [1.29, 1.82) is 0 Å². The molecule has 6 aromatic carbocycles. The van der Waals surface area contributed by atoms with E-state index in [1.807, 2.05) is 111 Å². The van der Waals surface area contributed by atoms with Gasteiger partial charge in [0.25, 0.3) is 0 Å². The second kappa shape index (κ2) is 29.7. The minimum absolute atomic E-state index is 0. The Morgan fingerprint density at radius 2 is 0.662 bits per heavy atom. The van der Waals surface area contributed by atoms with Crippen molar-refractivity contribution in [3.8, 4) is 0 Å². The van der Waals surface area contributed by atoms with Crippen LogP contribution in [-0.2, 0) is 51.0 Å². The number of carbonyl (C=O) groups is 4. The third kappa shape index (κ3) is 17.6. The quantitative estimate of drug-likeness (QED) is 0.0417. The first-order valence-corrected chi connectivity index (χ1v) is 22.3. The van der Waals surface area contributed by atoms with Gasteiger partial charge < -0.3 is 28.7 Å². The van der Waals surface area contributed by atoms with E-state index in [4.69, 9.17) is 18.9 Å². The molecule has 10 nitrogen and oxygen atoms in total. The minimum Gasteiger partial charge on any atom is -0.466 e. The normalized spacial score (nSPS) is 10.4. The van der Waals surface area contributed by atoms with Gasteiger partial charge >= 0.3 is 23.9 Å². The lowest BCUT2D eigenvalue weighted by Gasteiger charge is -2.26. The molecule has 6 aromatic rings. The molecular weight excluding hydrogens is 853 g/mol. The molecule has 10 heteroatoms. The Bertz CT molecular complexity index is 2330. The van der Waals surface area contributed by atoms with Gasteiger partial charge in [0.05, 0.1) is 26.4 Å². The summed E-state index contributed by atoms with van der Waals surface area (Å²) in [6.07, 6.45) is 8.38. The maximum atomic E-state index is 11.6. The fourth-order valence-corrected chi connectivity index (χ4v) is 6.81. The molecule has 0 aliphatic rings. The molecule has 0 N–H and O–H groups in total. The van der Waals surface area contributed by atoms with Gasteiger partial charge in [-0.3, -0.25) is 9.59 Å². The second-order valence-corrected chi connectivity index (χ2v) is 14.6. The van der Waals surface area contributed by atoms with Crippen LogP contribution in [0.5, 0.6) is 0 Å². The lowest BCUT2D eigenvalue weighted by molar-refractivity contribution is -0.144. The van der Waals surface area contributed by atoms with E-state index >= 15 is 0 Å². The highest BCUT2D eigenvalue weighted by molar-refractivity contribution is 5.88. The molecule has 0 amide bonds. The molecule has 0 saturated heterocycles. The fraction of sp³-hybridized carbons (Fsp3) is 0.241. The zero-order valence-corrected chi connectivity index (χ0v) is 38.1. The molecule has 0 unspecified atom stereocenters. The molecule has 6 rings (SSSR count). The van der Waals surface area contributed by atoms with E-state index in [9.17, 15) is 19.2 Å². The fourth-order valence-electron chi connectivity index (χ4n) is 6.81. The van der Waals surface area contributed by atoms with Crippen molar-refractivity contribution in [2.75, 3.05) is 36.2 Å². The predicted octanol–water partition coefficient (Wildman–Crippen LogP) is 13.7. The van der Waals surface area contributed by atoms with Gasteiger partial charge in [-0.2, -0.15) is 0 Å². The maximum absolute atomic E-state index is 11.6. The van der Waals surface area contributed by atoms with Gasteiger partial charge in [0.1, 0.15) is 0 Å². The number of hydrogen-bond donors (Lipinski definition) is 0.